The van der Waals surface area contributed by atoms with Gasteiger partial charge in [-0.3, -0.25) is 0 Å². The molecule has 0 saturated carbocycles. The van der Waals surface area contributed by atoms with Crippen LogP contribution in [0.5, 0.6) is 0 Å². The van der Waals surface area contributed by atoms with Crippen LogP contribution in [0.2, 0.25) is 18.1 Å². The minimum absolute atomic E-state index is 0.194. The highest BCUT2D eigenvalue weighted by Crippen LogP contribution is 2.36. The van der Waals surface area contributed by atoms with Gasteiger partial charge < -0.3 is 9.16 Å². The lowest BCUT2D eigenvalue weighted by molar-refractivity contribution is 0.0730. The van der Waals surface area contributed by atoms with E-state index in [1.165, 1.54) is 5.57 Å². The van der Waals surface area contributed by atoms with Crippen LogP contribution in [0.15, 0.2) is 11.6 Å². The average molecular weight is 228 g/mol. The van der Waals surface area contributed by atoms with Gasteiger partial charge in [0.2, 0.25) is 0 Å². The van der Waals surface area contributed by atoms with Gasteiger partial charge in [-0.1, -0.05) is 26.8 Å². The molecule has 1 atom stereocenters. The third kappa shape index (κ3) is 3.16. The smallest absolute Gasteiger partial charge is 0.192 e. The lowest BCUT2D eigenvalue weighted by atomic mass is 10.2. The molecular weight excluding hydrogens is 204 g/mol. The number of hydrogen-bond donors (Lipinski definition) is 0. The standard InChI is InChI=1S/C12H24O2Si/c1-10-7-8-13-11(10)9-14-15(5,6)12(2,3)4/h7,11H,8-9H2,1-6H3. The highest BCUT2D eigenvalue weighted by atomic mass is 28.4. The van der Waals surface area contributed by atoms with Gasteiger partial charge in [0.05, 0.1) is 13.2 Å². The van der Waals surface area contributed by atoms with Crippen molar-refractivity contribution in [2.75, 3.05) is 13.2 Å². The van der Waals surface area contributed by atoms with Crippen molar-refractivity contribution >= 4 is 8.32 Å². The fraction of sp³-hybridized carbons (Fsp3) is 0.833. The molecule has 0 aromatic carbocycles. The summed E-state index contributed by atoms with van der Waals surface area (Å²) in [5, 5.41) is 0.281. The maximum absolute atomic E-state index is 6.12. The SMILES string of the molecule is CC1=CCOC1CO[Si](C)(C)C(C)(C)C. The van der Waals surface area contributed by atoms with Gasteiger partial charge in [0.15, 0.2) is 8.32 Å². The molecule has 0 aliphatic carbocycles. The third-order valence-corrected chi connectivity index (χ3v) is 8.11. The zero-order chi connectivity index (χ0) is 11.7. The first-order valence-electron chi connectivity index (χ1n) is 5.66. The molecule has 1 rings (SSSR count). The monoisotopic (exact) mass is 228 g/mol. The van der Waals surface area contributed by atoms with E-state index in [1.54, 1.807) is 0 Å². The second-order valence-electron chi connectivity index (χ2n) is 5.84. The summed E-state index contributed by atoms with van der Waals surface area (Å²) in [6.07, 6.45) is 2.33. The first-order valence-corrected chi connectivity index (χ1v) is 8.57. The Kier molecular flexibility index (Phi) is 3.79. The van der Waals surface area contributed by atoms with E-state index in [2.05, 4.69) is 46.9 Å². The molecule has 0 radical (unpaired) electrons. The Balaban J connectivity index is 2.46. The molecular formula is C12H24O2Si. The van der Waals surface area contributed by atoms with Gasteiger partial charge in [-0.05, 0) is 30.6 Å². The summed E-state index contributed by atoms with van der Waals surface area (Å²) in [7, 11) is -1.61. The molecule has 0 N–H and O–H groups in total. The molecule has 0 amide bonds. The van der Waals surface area contributed by atoms with Gasteiger partial charge in [-0.15, -0.1) is 0 Å². The zero-order valence-corrected chi connectivity index (χ0v) is 11.9. The summed E-state index contributed by atoms with van der Waals surface area (Å²) in [6, 6.07) is 0. The topological polar surface area (TPSA) is 18.5 Å². The Bertz CT molecular complexity index is 251. The van der Waals surface area contributed by atoms with E-state index in [0.717, 1.165) is 13.2 Å². The Morgan fingerprint density at radius 3 is 2.47 bits per heavy atom. The number of ether oxygens (including phenoxy) is 1. The van der Waals surface area contributed by atoms with Gasteiger partial charge in [-0.25, -0.2) is 0 Å². The summed E-state index contributed by atoms with van der Waals surface area (Å²) >= 11 is 0. The van der Waals surface area contributed by atoms with Crippen LogP contribution in [0.25, 0.3) is 0 Å². The van der Waals surface area contributed by atoms with Crippen molar-refractivity contribution in [2.45, 2.75) is 51.9 Å². The molecule has 0 saturated heterocycles. The number of hydrogen-bond acceptors (Lipinski definition) is 2. The molecule has 1 aliphatic rings. The van der Waals surface area contributed by atoms with Crippen LogP contribution in [0, 0.1) is 0 Å². The van der Waals surface area contributed by atoms with Crippen LogP contribution in [0.4, 0.5) is 0 Å². The average Bonchev–Trinajstić information content (AvgIpc) is 2.46. The van der Waals surface area contributed by atoms with E-state index < -0.39 is 8.32 Å². The van der Waals surface area contributed by atoms with Gasteiger partial charge in [0.1, 0.15) is 6.10 Å². The number of rotatable bonds is 3. The second-order valence-corrected chi connectivity index (χ2v) is 10.7. The molecule has 0 spiro atoms. The highest BCUT2D eigenvalue weighted by molar-refractivity contribution is 6.74. The summed E-state index contributed by atoms with van der Waals surface area (Å²) in [4.78, 5) is 0. The van der Waals surface area contributed by atoms with Crippen LogP contribution in [0.1, 0.15) is 27.7 Å². The van der Waals surface area contributed by atoms with Crippen molar-refractivity contribution in [3.05, 3.63) is 11.6 Å². The van der Waals surface area contributed by atoms with E-state index in [-0.39, 0.29) is 11.1 Å². The molecule has 0 aromatic rings. The Morgan fingerprint density at radius 2 is 2.07 bits per heavy atom. The maximum Gasteiger partial charge on any atom is 0.192 e. The molecule has 2 nitrogen and oxygen atoms in total. The van der Waals surface area contributed by atoms with Crippen molar-refractivity contribution in [1.82, 2.24) is 0 Å². The van der Waals surface area contributed by atoms with Gasteiger partial charge >= 0.3 is 0 Å². The van der Waals surface area contributed by atoms with Crippen LogP contribution in [0.3, 0.4) is 0 Å². The Hall–Kier alpha value is -0.123. The Labute approximate surface area is 94.8 Å². The maximum atomic E-state index is 6.12. The first-order chi connectivity index (χ1) is 6.74. The van der Waals surface area contributed by atoms with Crippen molar-refractivity contribution in [1.29, 1.82) is 0 Å². The minimum atomic E-state index is -1.61. The molecule has 1 heterocycles. The summed E-state index contributed by atoms with van der Waals surface area (Å²) in [6.45, 7) is 14.9. The molecule has 0 aromatic heterocycles. The van der Waals surface area contributed by atoms with Gasteiger partial charge in [0.25, 0.3) is 0 Å². The van der Waals surface area contributed by atoms with E-state index in [9.17, 15) is 0 Å². The van der Waals surface area contributed by atoms with Gasteiger partial charge in [0, 0.05) is 0 Å². The fourth-order valence-corrected chi connectivity index (χ4v) is 2.24. The summed E-state index contributed by atoms with van der Waals surface area (Å²) in [5.41, 5.74) is 1.31. The van der Waals surface area contributed by atoms with Crippen molar-refractivity contribution in [3.63, 3.8) is 0 Å². The molecule has 88 valence electrons. The molecule has 1 aliphatic heterocycles. The summed E-state index contributed by atoms with van der Waals surface area (Å²) < 4.78 is 11.7. The molecule has 15 heavy (non-hydrogen) atoms. The highest BCUT2D eigenvalue weighted by Gasteiger charge is 2.37. The van der Waals surface area contributed by atoms with E-state index in [4.69, 9.17) is 9.16 Å². The minimum Gasteiger partial charge on any atom is -0.414 e. The second kappa shape index (κ2) is 4.40. The predicted molar refractivity (Wildman–Crippen MR) is 66.6 cm³/mol. The molecule has 3 heteroatoms. The first kappa shape index (κ1) is 12.9. The van der Waals surface area contributed by atoms with Crippen molar-refractivity contribution in [2.24, 2.45) is 0 Å². The predicted octanol–water partition coefficient (Wildman–Crippen LogP) is 3.35. The fourth-order valence-electron chi connectivity index (χ4n) is 1.24. The van der Waals surface area contributed by atoms with E-state index >= 15 is 0 Å². The summed E-state index contributed by atoms with van der Waals surface area (Å²) in [5.74, 6) is 0. The van der Waals surface area contributed by atoms with Crippen LogP contribution < -0.4 is 0 Å². The van der Waals surface area contributed by atoms with Crippen LogP contribution in [-0.4, -0.2) is 27.6 Å². The third-order valence-electron chi connectivity index (χ3n) is 3.61. The van der Waals surface area contributed by atoms with Crippen LogP contribution >= 0.6 is 0 Å². The van der Waals surface area contributed by atoms with Crippen LogP contribution in [-0.2, 0) is 9.16 Å². The lowest BCUT2D eigenvalue weighted by Gasteiger charge is -2.37. The Morgan fingerprint density at radius 1 is 1.47 bits per heavy atom. The van der Waals surface area contributed by atoms with E-state index in [0.29, 0.717) is 0 Å². The molecule has 0 fully saturated rings. The normalized spacial score (nSPS) is 23.1. The zero-order valence-electron chi connectivity index (χ0n) is 10.9. The largest absolute Gasteiger partial charge is 0.414 e. The van der Waals surface area contributed by atoms with Crippen molar-refractivity contribution in [3.8, 4) is 0 Å². The molecule has 1 unspecified atom stereocenters. The lowest BCUT2D eigenvalue weighted by Crippen LogP contribution is -2.42. The van der Waals surface area contributed by atoms with Crippen molar-refractivity contribution < 1.29 is 9.16 Å². The van der Waals surface area contributed by atoms with Gasteiger partial charge in [-0.2, -0.15) is 0 Å². The quantitative estimate of drug-likeness (QED) is 0.545. The molecule has 0 bridgehead atoms. The van der Waals surface area contributed by atoms with E-state index in [1.807, 2.05) is 0 Å².